The molecule has 1 saturated carbocycles. The molecule has 1 atom stereocenters. The molecule has 0 spiro atoms. The second kappa shape index (κ2) is 6.19. The number of morpholine rings is 1. The van der Waals surface area contributed by atoms with Crippen molar-refractivity contribution in [2.24, 2.45) is 11.3 Å². The zero-order chi connectivity index (χ0) is 15.7. The number of rotatable bonds is 5. The minimum absolute atomic E-state index is 0.269. The van der Waals surface area contributed by atoms with Crippen LogP contribution in [0.25, 0.3) is 0 Å². The summed E-state index contributed by atoms with van der Waals surface area (Å²) in [4.78, 5) is 7.06. The van der Waals surface area contributed by atoms with Crippen molar-refractivity contribution in [3.05, 3.63) is 24.0 Å². The number of pyridine rings is 1. The summed E-state index contributed by atoms with van der Waals surface area (Å²) in [6.07, 6.45) is 6.49. The van der Waals surface area contributed by atoms with Crippen LogP contribution in [0.5, 0.6) is 0 Å². The van der Waals surface area contributed by atoms with Crippen molar-refractivity contribution in [1.29, 1.82) is 0 Å². The Morgan fingerprint density at radius 3 is 2.68 bits per heavy atom. The summed E-state index contributed by atoms with van der Waals surface area (Å²) in [7, 11) is 0. The van der Waals surface area contributed by atoms with Crippen molar-refractivity contribution in [2.45, 2.75) is 59.0 Å². The fraction of sp³-hybridized carbons (Fsp3) is 0.737. The molecule has 1 aliphatic carbocycles. The van der Waals surface area contributed by atoms with Gasteiger partial charge >= 0.3 is 0 Å². The van der Waals surface area contributed by atoms with Crippen molar-refractivity contribution >= 4 is 5.69 Å². The molecule has 0 radical (unpaired) electrons. The number of hydrogen-bond donors (Lipinski definition) is 0. The molecule has 2 heterocycles. The Morgan fingerprint density at radius 2 is 2.09 bits per heavy atom. The molecule has 3 heteroatoms. The van der Waals surface area contributed by atoms with E-state index in [2.05, 4.69) is 49.7 Å². The number of hydrogen-bond acceptors (Lipinski definition) is 3. The van der Waals surface area contributed by atoms with Crippen LogP contribution < -0.4 is 4.90 Å². The van der Waals surface area contributed by atoms with Gasteiger partial charge in [0.15, 0.2) is 0 Å². The summed E-state index contributed by atoms with van der Waals surface area (Å²) < 4.78 is 6.12. The molecule has 22 heavy (non-hydrogen) atoms. The summed E-state index contributed by atoms with van der Waals surface area (Å²) in [6.45, 7) is 11.9. The molecule has 1 saturated heterocycles. The largest absolute Gasteiger partial charge is 0.374 e. The molecule has 122 valence electrons. The molecular weight excluding hydrogens is 272 g/mol. The maximum absolute atomic E-state index is 6.12. The van der Waals surface area contributed by atoms with E-state index in [1.54, 1.807) is 0 Å². The summed E-state index contributed by atoms with van der Waals surface area (Å²) >= 11 is 0. The predicted octanol–water partition coefficient (Wildman–Crippen LogP) is 4.24. The van der Waals surface area contributed by atoms with E-state index >= 15 is 0 Å². The van der Waals surface area contributed by atoms with Gasteiger partial charge in [-0.1, -0.05) is 40.5 Å². The SMILES string of the molecule is CC(C)c1ccc(N2CCOC(C(C)(C)CC3CC3)C2)cn1. The smallest absolute Gasteiger partial charge is 0.0801 e. The van der Waals surface area contributed by atoms with Crippen LogP contribution in [0.1, 0.15) is 58.6 Å². The van der Waals surface area contributed by atoms with Gasteiger partial charge in [0, 0.05) is 18.8 Å². The summed E-state index contributed by atoms with van der Waals surface area (Å²) in [5.41, 5.74) is 2.67. The molecule has 0 N–H and O–H groups in total. The lowest BCUT2D eigenvalue weighted by atomic mass is 9.80. The Bertz CT molecular complexity index is 491. The molecule has 3 nitrogen and oxygen atoms in total. The number of ether oxygens (including phenoxy) is 1. The van der Waals surface area contributed by atoms with Gasteiger partial charge in [0.25, 0.3) is 0 Å². The average Bonchev–Trinajstić information content (AvgIpc) is 3.31. The zero-order valence-electron chi connectivity index (χ0n) is 14.5. The monoisotopic (exact) mass is 302 g/mol. The van der Waals surface area contributed by atoms with Gasteiger partial charge in [0.1, 0.15) is 0 Å². The fourth-order valence-electron chi connectivity index (χ4n) is 3.48. The Morgan fingerprint density at radius 1 is 1.32 bits per heavy atom. The quantitative estimate of drug-likeness (QED) is 0.813. The first-order chi connectivity index (χ1) is 10.5. The van der Waals surface area contributed by atoms with Crippen LogP contribution in [-0.2, 0) is 4.74 Å². The van der Waals surface area contributed by atoms with Crippen molar-refractivity contribution < 1.29 is 4.74 Å². The molecule has 1 unspecified atom stereocenters. The van der Waals surface area contributed by atoms with Gasteiger partial charge in [-0.2, -0.15) is 0 Å². The van der Waals surface area contributed by atoms with E-state index in [1.165, 1.54) is 30.6 Å². The van der Waals surface area contributed by atoms with E-state index in [1.807, 2.05) is 6.20 Å². The normalized spacial score (nSPS) is 23.1. The third-order valence-electron chi connectivity index (χ3n) is 5.18. The van der Waals surface area contributed by atoms with E-state index < -0.39 is 0 Å². The van der Waals surface area contributed by atoms with E-state index in [9.17, 15) is 0 Å². The minimum atomic E-state index is 0.269. The topological polar surface area (TPSA) is 25.4 Å². The van der Waals surface area contributed by atoms with Crippen LogP contribution in [-0.4, -0.2) is 30.8 Å². The number of nitrogens with zero attached hydrogens (tertiary/aromatic N) is 2. The standard InChI is InChI=1S/C19H30N2O/c1-14(2)17-8-7-16(12-20-17)21-9-10-22-18(13-21)19(3,4)11-15-5-6-15/h7-8,12,14-15,18H,5-6,9-11,13H2,1-4H3. The second-order valence-electron chi connectivity index (χ2n) is 8.04. The van der Waals surface area contributed by atoms with Gasteiger partial charge in [-0.05, 0) is 35.8 Å². The van der Waals surface area contributed by atoms with E-state index in [4.69, 9.17) is 4.74 Å². The first-order valence-corrected chi connectivity index (χ1v) is 8.78. The predicted molar refractivity (Wildman–Crippen MR) is 91.4 cm³/mol. The van der Waals surface area contributed by atoms with Crippen LogP contribution >= 0.6 is 0 Å². The van der Waals surface area contributed by atoms with E-state index in [0.29, 0.717) is 12.0 Å². The molecule has 2 fully saturated rings. The average molecular weight is 302 g/mol. The Balaban J connectivity index is 1.66. The van der Waals surface area contributed by atoms with Gasteiger partial charge in [0.05, 0.1) is 24.6 Å². The highest BCUT2D eigenvalue weighted by atomic mass is 16.5. The lowest BCUT2D eigenvalue weighted by Crippen LogP contribution is -2.49. The minimum Gasteiger partial charge on any atom is -0.374 e. The van der Waals surface area contributed by atoms with Crippen LogP contribution in [0.3, 0.4) is 0 Å². The highest BCUT2D eigenvalue weighted by molar-refractivity contribution is 5.45. The van der Waals surface area contributed by atoms with Crippen molar-refractivity contribution in [2.75, 3.05) is 24.6 Å². The van der Waals surface area contributed by atoms with Gasteiger partial charge in [-0.25, -0.2) is 0 Å². The van der Waals surface area contributed by atoms with Crippen molar-refractivity contribution in [1.82, 2.24) is 4.98 Å². The Hall–Kier alpha value is -1.09. The van der Waals surface area contributed by atoms with Crippen LogP contribution in [0, 0.1) is 11.3 Å². The maximum Gasteiger partial charge on any atom is 0.0801 e. The Labute approximate surface area is 135 Å². The first kappa shape index (κ1) is 15.8. The third kappa shape index (κ3) is 3.62. The molecule has 2 aliphatic rings. The van der Waals surface area contributed by atoms with Gasteiger partial charge in [-0.3, -0.25) is 4.98 Å². The summed E-state index contributed by atoms with van der Waals surface area (Å²) in [5.74, 6) is 1.44. The molecular formula is C19H30N2O. The van der Waals surface area contributed by atoms with Gasteiger partial charge < -0.3 is 9.64 Å². The van der Waals surface area contributed by atoms with Crippen LogP contribution in [0.4, 0.5) is 5.69 Å². The number of anilines is 1. The second-order valence-corrected chi connectivity index (χ2v) is 8.04. The van der Waals surface area contributed by atoms with Crippen molar-refractivity contribution in [3.63, 3.8) is 0 Å². The molecule has 0 bridgehead atoms. The van der Waals surface area contributed by atoms with E-state index in [0.717, 1.165) is 25.6 Å². The Kier molecular flexibility index (Phi) is 4.44. The molecule has 1 aromatic heterocycles. The fourth-order valence-corrected chi connectivity index (χ4v) is 3.48. The van der Waals surface area contributed by atoms with Gasteiger partial charge in [0.2, 0.25) is 0 Å². The van der Waals surface area contributed by atoms with Gasteiger partial charge in [-0.15, -0.1) is 0 Å². The molecule has 1 aliphatic heterocycles. The molecule has 3 rings (SSSR count). The van der Waals surface area contributed by atoms with Crippen LogP contribution in [0.15, 0.2) is 18.3 Å². The summed E-state index contributed by atoms with van der Waals surface area (Å²) in [6, 6.07) is 4.39. The lowest BCUT2D eigenvalue weighted by Gasteiger charge is -2.42. The zero-order valence-corrected chi connectivity index (χ0v) is 14.5. The lowest BCUT2D eigenvalue weighted by molar-refractivity contribution is -0.0398. The van der Waals surface area contributed by atoms with E-state index in [-0.39, 0.29) is 5.41 Å². The van der Waals surface area contributed by atoms with Crippen LogP contribution in [0.2, 0.25) is 0 Å². The molecule has 0 amide bonds. The summed E-state index contributed by atoms with van der Waals surface area (Å²) in [5, 5.41) is 0. The van der Waals surface area contributed by atoms with Crippen molar-refractivity contribution in [3.8, 4) is 0 Å². The third-order valence-corrected chi connectivity index (χ3v) is 5.18. The molecule has 1 aromatic rings. The number of aromatic nitrogens is 1. The molecule has 0 aromatic carbocycles. The first-order valence-electron chi connectivity index (χ1n) is 8.78. The highest BCUT2D eigenvalue weighted by Crippen LogP contribution is 2.43. The highest BCUT2D eigenvalue weighted by Gasteiger charge is 2.38. The maximum atomic E-state index is 6.12.